The zero-order valence-corrected chi connectivity index (χ0v) is 31.0. The lowest BCUT2D eigenvalue weighted by Gasteiger charge is -2.34. The topological polar surface area (TPSA) is 48.4 Å². The monoisotopic (exact) mass is 638 g/mol. The van der Waals surface area contributed by atoms with Gasteiger partial charge in [-0.3, -0.25) is 4.79 Å². The Morgan fingerprint density at radius 2 is 1.55 bits per heavy atom. The van der Waals surface area contributed by atoms with Crippen LogP contribution in [0.15, 0.2) is 41.8 Å². The van der Waals surface area contributed by atoms with Gasteiger partial charge in [-0.25, -0.2) is 4.98 Å². The highest BCUT2D eigenvalue weighted by Gasteiger charge is 2.39. The summed E-state index contributed by atoms with van der Waals surface area (Å²) >= 11 is 1.48. The van der Waals surface area contributed by atoms with E-state index in [1.165, 1.54) is 27.8 Å². The summed E-state index contributed by atoms with van der Waals surface area (Å²) in [5, 5.41) is 2.91. The lowest BCUT2D eigenvalue weighted by atomic mass is 9.69. The predicted molar refractivity (Wildman–Crippen MR) is 191 cm³/mol. The van der Waals surface area contributed by atoms with Gasteiger partial charge in [-0.1, -0.05) is 71.0 Å². The first kappa shape index (κ1) is 36.3. The molecule has 0 saturated heterocycles. The molecule has 0 aliphatic carbocycles. The van der Waals surface area contributed by atoms with Crippen molar-refractivity contribution in [1.29, 1.82) is 0 Å². The van der Waals surface area contributed by atoms with Gasteiger partial charge in [0.2, 0.25) is 0 Å². The normalized spacial score (nSPS) is 14.0. The summed E-state index contributed by atoms with van der Waals surface area (Å²) in [4.78, 5) is 16.7. The van der Waals surface area contributed by atoms with E-state index < -0.39 is 0 Å². The summed E-state index contributed by atoms with van der Waals surface area (Å²) in [6, 6.07) is 14.0. The number of aromatic nitrogens is 1. The molecule has 0 radical (unpaired) electrons. The van der Waals surface area contributed by atoms with Crippen molar-refractivity contribution in [2.24, 2.45) is 5.41 Å². The van der Waals surface area contributed by atoms with E-state index in [2.05, 4.69) is 112 Å². The number of carbonyl (C=O) groups excluding carboxylic acids is 1. The Morgan fingerprint density at radius 3 is 2.07 bits per heavy atom. The molecule has 0 N–H and O–H groups in total. The molecule has 2 aromatic carbocycles. The summed E-state index contributed by atoms with van der Waals surface area (Å²) in [5.41, 5.74) is 8.62. The number of esters is 1. The van der Waals surface area contributed by atoms with Crippen LogP contribution in [-0.4, -0.2) is 34.7 Å². The molecule has 44 heavy (non-hydrogen) atoms. The second-order valence-electron chi connectivity index (χ2n) is 14.1. The van der Waals surface area contributed by atoms with Gasteiger partial charge in [0.05, 0.1) is 18.7 Å². The minimum Gasteiger partial charge on any atom is -0.466 e. The number of thiazole rings is 1. The second-order valence-corrected chi connectivity index (χ2v) is 17.3. The Bertz CT molecular complexity index is 1390. The molecule has 0 spiro atoms. The first-order valence-corrected chi connectivity index (χ1v) is 18.6. The fourth-order valence-electron chi connectivity index (χ4n) is 5.81. The standard InChI is InChI=1S/C38H56NO3S2/c1-13-38(14-2,30-19-20-32(27(5)23-30)35-39-31(25-43-35)24-34(40)41-15-3)29-18-16-28(26(4)22-29)17-21-33(36(6,7)8)42-44(12)37(9,10)11/h16,18-20,22-23,25,33H,13-15,17,21,24H2,1-12H3/q+1. The van der Waals surface area contributed by atoms with Crippen LogP contribution in [0, 0.1) is 19.3 Å². The average molecular weight is 639 g/mol. The molecule has 0 fully saturated rings. The molecule has 3 rings (SSSR count). The van der Waals surface area contributed by atoms with Crippen LogP contribution in [0.4, 0.5) is 0 Å². The maximum absolute atomic E-state index is 11.9. The maximum atomic E-state index is 11.9. The van der Waals surface area contributed by atoms with Crippen LogP contribution in [0.2, 0.25) is 0 Å². The number of ether oxygens (including phenoxy) is 1. The van der Waals surface area contributed by atoms with E-state index in [1.54, 1.807) is 11.3 Å². The molecule has 6 heteroatoms. The first-order valence-electron chi connectivity index (χ1n) is 16.2. The van der Waals surface area contributed by atoms with E-state index in [-0.39, 0.29) is 45.2 Å². The maximum Gasteiger partial charge on any atom is 0.311 e. The fraction of sp³-hybridized carbons (Fsp3) is 0.579. The Labute approximate surface area is 274 Å². The van der Waals surface area contributed by atoms with E-state index >= 15 is 0 Å². The van der Waals surface area contributed by atoms with Crippen molar-refractivity contribution in [1.82, 2.24) is 4.98 Å². The number of hydrogen-bond donors (Lipinski definition) is 0. The molecule has 1 heterocycles. The van der Waals surface area contributed by atoms with Crippen LogP contribution < -0.4 is 0 Å². The molecule has 0 saturated carbocycles. The van der Waals surface area contributed by atoms with Crippen LogP contribution in [0.1, 0.15) is 115 Å². The molecule has 3 aromatic rings. The summed E-state index contributed by atoms with van der Waals surface area (Å²) in [5.74, 6) is -0.230. The second kappa shape index (κ2) is 15.0. The molecule has 0 amide bonds. The molecular formula is C38H56NO3S2+. The Morgan fingerprint density at radius 1 is 0.932 bits per heavy atom. The van der Waals surface area contributed by atoms with Crippen molar-refractivity contribution in [2.45, 2.75) is 125 Å². The van der Waals surface area contributed by atoms with Gasteiger partial charge < -0.3 is 4.74 Å². The van der Waals surface area contributed by atoms with Crippen molar-refractivity contribution < 1.29 is 13.7 Å². The lowest BCUT2D eigenvalue weighted by Crippen LogP contribution is -2.38. The van der Waals surface area contributed by atoms with Gasteiger partial charge >= 0.3 is 5.97 Å². The van der Waals surface area contributed by atoms with Gasteiger partial charge in [-0.2, -0.15) is 4.18 Å². The molecule has 2 atom stereocenters. The number of carbonyl (C=O) groups is 1. The third-order valence-electron chi connectivity index (χ3n) is 9.06. The molecule has 242 valence electrons. The van der Waals surface area contributed by atoms with Gasteiger partial charge in [0.1, 0.15) is 28.5 Å². The van der Waals surface area contributed by atoms with Crippen molar-refractivity contribution in [3.63, 3.8) is 0 Å². The van der Waals surface area contributed by atoms with E-state index in [1.807, 2.05) is 12.3 Å². The highest BCUT2D eigenvalue weighted by atomic mass is 32.2. The van der Waals surface area contributed by atoms with E-state index in [0.717, 1.165) is 41.9 Å². The average Bonchev–Trinajstić information content (AvgIpc) is 3.39. The molecule has 0 bridgehead atoms. The smallest absolute Gasteiger partial charge is 0.311 e. The van der Waals surface area contributed by atoms with Crippen LogP contribution in [0.5, 0.6) is 0 Å². The first-order chi connectivity index (χ1) is 20.5. The fourth-order valence-corrected chi connectivity index (χ4v) is 7.74. The van der Waals surface area contributed by atoms with Crippen molar-refractivity contribution in [3.8, 4) is 10.6 Å². The largest absolute Gasteiger partial charge is 0.466 e. The number of hydrogen-bond acceptors (Lipinski definition) is 5. The zero-order chi connectivity index (χ0) is 32.9. The number of rotatable bonds is 13. The van der Waals surface area contributed by atoms with Crippen LogP contribution in [0.25, 0.3) is 10.6 Å². The van der Waals surface area contributed by atoms with Crippen molar-refractivity contribution in [2.75, 3.05) is 12.9 Å². The van der Waals surface area contributed by atoms with Gasteiger partial charge in [0.25, 0.3) is 0 Å². The Kier molecular flexibility index (Phi) is 12.3. The third-order valence-corrected chi connectivity index (χ3v) is 12.2. The van der Waals surface area contributed by atoms with Gasteiger partial charge in [0.15, 0.2) is 4.75 Å². The highest BCUT2D eigenvalue weighted by Crippen LogP contribution is 2.42. The molecule has 0 aliphatic rings. The van der Waals surface area contributed by atoms with Gasteiger partial charge in [0, 0.05) is 16.4 Å². The van der Waals surface area contributed by atoms with Gasteiger partial charge in [-0.15, -0.1) is 11.3 Å². The minimum atomic E-state index is -0.230. The van der Waals surface area contributed by atoms with Crippen molar-refractivity contribution in [3.05, 3.63) is 75.3 Å². The highest BCUT2D eigenvalue weighted by molar-refractivity contribution is 7.93. The van der Waals surface area contributed by atoms with Crippen molar-refractivity contribution >= 4 is 28.5 Å². The van der Waals surface area contributed by atoms with E-state index in [4.69, 9.17) is 13.9 Å². The lowest BCUT2D eigenvalue weighted by molar-refractivity contribution is -0.142. The molecule has 2 unspecified atom stereocenters. The van der Waals surface area contributed by atoms with Crippen LogP contribution >= 0.6 is 11.3 Å². The zero-order valence-electron chi connectivity index (χ0n) is 29.3. The number of nitrogens with zero attached hydrogens (tertiary/aromatic N) is 1. The molecule has 4 nitrogen and oxygen atoms in total. The summed E-state index contributed by atoms with van der Waals surface area (Å²) in [6.45, 7) is 25.0. The molecule has 1 aromatic heterocycles. The summed E-state index contributed by atoms with van der Waals surface area (Å²) < 4.78 is 11.9. The number of benzene rings is 2. The summed E-state index contributed by atoms with van der Waals surface area (Å²) in [7, 11) is 0. The van der Waals surface area contributed by atoms with E-state index in [9.17, 15) is 4.79 Å². The van der Waals surface area contributed by atoms with Gasteiger partial charge in [-0.05, 0) is 100 Å². The molecule has 0 aliphatic heterocycles. The minimum absolute atomic E-state index is 0.0646. The quantitative estimate of drug-likeness (QED) is 0.138. The Balaban J connectivity index is 1.85. The predicted octanol–water partition coefficient (Wildman–Crippen LogP) is 9.96. The van der Waals surface area contributed by atoms with Crippen LogP contribution in [0.3, 0.4) is 0 Å². The number of aryl methyl sites for hydroxylation is 3. The molecular weight excluding hydrogens is 583 g/mol. The third kappa shape index (κ3) is 8.76. The van der Waals surface area contributed by atoms with Crippen LogP contribution in [-0.2, 0) is 43.1 Å². The SMILES string of the molecule is CCOC(=O)Cc1csc(-c2ccc(C(CC)(CC)c3ccc(CCC(O[S+](C)C(C)(C)C)C(C)(C)C)c(C)c3)cc2C)n1. The Hall–Kier alpha value is -2.15. The van der Waals surface area contributed by atoms with E-state index in [0.29, 0.717) is 6.61 Å². The summed E-state index contributed by atoms with van der Waals surface area (Å²) in [6.07, 6.45) is 6.73.